The van der Waals surface area contributed by atoms with Crippen molar-refractivity contribution in [1.29, 1.82) is 0 Å². The summed E-state index contributed by atoms with van der Waals surface area (Å²) >= 11 is 0. The van der Waals surface area contributed by atoms with Gasteiger partial charge in [-0.25, -0.2) is 0 Å². The van der Waals surface area contributed by atoms with Crippen molar-refractivity contribution in [3.8, 4) is 11.5 Å². The van der Waals surface area contributed by atoms with Gasteiger partial charge in [-0.3, -0.25) is 4.79 Å². The molecule has 0 atom stereocenters. The molecule has 0 unspecified atom stereocenters. The van der Waals surface area contributed by atoms with E-state index in [2.05, 4.69) is 17.4 Å². The van der Waals surface area contributed by atoms with Gasteiger partial charge in [0.2, 0.25) is 0 Å². The van der Waals surface area contributed by atoms with Gasteiger partial charge in [0.1, 0.15) is 29.6 Å². The highest BCUT2D eigenvalue weighted by Gasteiger charge is 2.17. The zero-order chi connectivity index (χ0) is 19.5. The normalized spacial score (nSPS) is 12.5. The Balaban J connectivity index is 1.41. The third kappa shape index (κ3) is 3.88. The third-order valence-corrected chi connectivity index (χ3v) is 5.01. The van der Waals surface area contributed by atoms with Gasteiger partial charge in [0.15, 0.2) is 0 Å². The first-order valence-corrected chi connectivity index (χ1v) is 9.41. The molecule has 1 heterocycles. The second kappa shape index (κ2) is 7.80. The fraction of sp³-hybridized carbons (Fsp3) is 0.261. The number of aryl methyl sites for hydroxylation is 3. The van der Waals surface area contributed by atoms with Crippen LogP contribution < -0.4 is 14.8 Å². The Morgan fingerprint density at radius 2 is 1.79 bits per heavy atom. The second-order valence-corrected chi connectivity index (χ2v) is 6.94. The Hall–Kier alpha value is -3.21. The topological polar surface area (TPSA) is 60.7 Å². The average Bonchev–Trinajstić information content (AvgIpc) is 3.32. The molecule has 1 aromatic heterocycles. The molecule has 0 saturated heterocycles. The highest BCUT2D eigenvalue weighted by atomic mass is 16.5. The Labute approximate surface area is 164 Å². The fourth-order valence-corrected chi connectivity index (χ4v) is 3.51. The molecule has 1 aliphatic carbocycles. The average molecular weight is 377 g/mol. The maximum absolute atomic E-state index is 12.7. The van der Waals surface area contributed by atoms with Crippen molar-refractivity contribution in [2.24, 2.45) is 0 Å². The molecular formula is C23H23NO4. The van der Waals surface area contributed by atoms with Crippen molar-refractivity contribution < 1.29 is 18.7 Å². The quantitative estimate of drug-likeness (QED) is 0.663. The van der Waals surface area contributed by atoms with Gasteiger partial charge in [0.25, 0.3) is 5.91 Å². The first-order chi connectivity index (χ1) is 13.6. The molecule has 28 heavy (non-hydrogen) atoms. The van der Waals surface area contributed by atoms with E-state index in [-0.39, 0.29) is 12.5 Å². The standard InChI is InChI=1S/C23H23NO4/c1-15-22(23(25)24-18-7-6-16-4-3-5-17(16)12-18)13-21(28-15)14-27-20-10-8-19(26-2)9-11-20/h6-13H,3-5,14H2,1-2H3,(H,24,25). The molecule has 4 rings (SSSR count). The van der Waals surface area contributed by atoms with E-state index >= 15 is 0 Å². The number of rotatable bonds is 6. The second-order valence-electron chi connectivity index (χ2n) is 6.94. The number of carbonyl (C=O) groups is 1. The van der Waals surface area contributed by atoms with Crippen molar-refractivity contribution in [1.82, 2.24) is 0 Å². The van der Waals surface area contributed by atoms with Crippen molar-refractivity contribution in [2.75, 3.05) is 12.4 Å². The maximum Gasteiger partial charge on any atom is 0.259 e. The Kier molecular flexibility index (Phi) is 5.06. The number of furan rings is 1. The monoisotopic (exact) mass is 377 g/mol. The van der Waals surface area contributed by atoms with Gasteiger partial charge in [0.05, 0.1) is 12.7 Å². The Morgan fingerprint density at radius 1 is 1.04 bits per heavy atom. The van der Waals surface area contributed by atoms with Crippen LogP contribution in [0.2, 0.25) is 0 Å². The summed E-state index contributed by atoms with van der Waals surface area (Å²) in [6.45, 7) is 2.04. The summed E-state index contributed by atoms with van der Waals surface area (Å²) in [4.78, 5) is 12.7. The van der Waals surface area contributed by atoms with E-state index in [0.717, 1.165) is 24.3 Å². The molecule has 0 bridgehead atoms. The lowest BCUT2D eigenvalue weighted by Gasteiger charge is -2.06. The molecule has 5 nitrogen and oxygen atoms in total. The maximum atomic E-state index is 12.7. The Morgan fingerprint density at radius 3 is 2.57 bits per heavy atom. The lowest BCUT2D eigenvalue weighted by molar-refractivity contribution is 0.102. The SMILES string of the molecule is COc1ccc(OCc2cc(C(=O)Nc3ccc4c(c3)CCC4)c(C)o2)cc1. The minimum absolute atomic E-state index is 0.171. The molecule has 0 aliphatic heterocycles. The largest absolute Gasteiger partial charge is 0.497 e. The van der Waals surface area contributed by atoms with E-state index in [1.54, 1.807) is 20.1 Å². The van der Waals surface area contributed by atoms with Gasteiger partial charge in [-0.2, -0.15) is 0 Å². The van der Waals surface area contributed by atoms with Crippen molar-refractivity contribution >= 4 is 11.6 Å². The summed E-state index contributed by atoms with van der Waals surface area (Å²) in [5.41, 5.74) is 4.06. The predicted molar refractivity (Wildman–Crippen MR) is 107 cm³/mol. The Bertz CT molecular complexity index is 988. The molecule has 3 aromatic rings. The number of fused-ring (bicyclic) bond motifs is 1. The molecule has 1 N–H and O–H groups in total. The summed E-state index contributed by atoms with van der Waals surface area (Å²) in [6, 6.07) is 15.2. The number of nitrogens with one attached hydrogen (secondary N) is 1. The number of hydrogen-bond acceptors (Lipinski definition) is 4. The first-order valence-electron chi connectivity index (χ1n) is 9.41. The number of carbonyl (C=O) groups excluding carboxylic acids is 1. The highest BCUT2D eigenvalue weighted by molar-refractivity contribution is 6.05. The highest BCUT2D eigenvalue weighted by Crippen LogP contribution is 2.26. The van der Waals surface area contributed by atoms with Crippen LogP contribution >= 0.6 is 0 Å². The lowest BCUT2D eigenvalue weighted by atomic mass is 10.1. The van der Waals surface area contributed by atoms with Crippen LogP contribution in [0.15, 0.2) is 52.9 Å². The van der Waals surface area contributed by atoms with Crippen LogP contribution in [0.5, 0.6) is 11.5 Å². The van der Waals surface area contributed by atoms with Gasteiger partial charge in [-0.1, -0.05) is 6.07 Å². The summed E-state index contributed by atoms with van der Waals surface area (Å²) < 4.78 is 16.6. The van der Waals surface area contributed by atoms with Crippen LogP contribution in [0.3, 0.4) is 0 Å². The predicted octanol–water partition coefficient (Wildman–Crippen LogP) is 4.92. The van der Waals surface area contributed by atoms with E-state index in [4.69, 9.17) is 13.9 Å². The lowest BCUT2D eigenvalue weighted by Crippen LogP contribution is -2.12. The summed E-state index contributed by atoms with van der Waals surface area (Å²) in [6.07, 6.45) is 3.39. The summed E-state index contributed by atoms with van der Waals surface area (Å²) in [5.74, 6) is 2.49. The molecule has 0 saturated carbocycles. The number of hydrogen-bond donors (Lipinski definition) is 1. The molecule has 2 aromatic carbocycles. The van der Waals surface area contributed by atoms with E-state index in [9.17, 15) is 4.79 Å². The van der Waals surface area contributed by atoms with E-state index < -0.39 is 0 Å². The van der Waals surface area contributed by atoms with Crippen molar-refractivity contribution in [3.63, 3.8) is 0 Å². The van der Waals surface area contributed by atoms with Crippen LogP contribution in [0.25, 0.3) is 0 Å². The molecule has 1 aliphatic rings. The number of benzene rings is 2. The smallest absolute Gasteiger partial charge is 0.259 e. The number of amides is 1. The molecule has 0 fully saturated rings. The van der Waals surface area contributed by atoms with Gasteiger partial charge >= 0.3 is 0 Å². The van der Waals surface area contributed by atoms with Crippen LogP contribution in [0.1, 0.15) is 39.4 Å². The number of methoxy groups -OCH3 is 1. The van der Waals surface area contributed by atoms with Gasteiger partial charge in [-0.15, -0.1) is 0 Å². The molecule has 144 valence electrons. The van der Waals surface area contributed by atoms with Crippen molar-refractivity contribution in [3.05, 3.63) is 76.7 Å². The van der Waals surface area contributed by atoms with Crippen LogP contribution in [0.4, 0.5) is 5.69 Å². The molecule has 1 amide bonds. The summed E-state index contributed by atoms with van der Waals surface area (Å²) in [7, 11) is 1.62. The van der Waals surface area contributed by atoms with Crippen LogP contribution in [-0.2, 0) is 19.4 Å². The summed E-state index contributed by atoms with van der Waals surface area (Å²) in [5, 5.41) is 2.97. The van der Waals surface area contributed by atoms with E-state index in [0.29, 0.717) is 22.8 Å². The van der Waals surface area contributed by atoms with Crippen LogP contribution in [0, 0.1) is 6.92 Å². The molecular weight excluding hydrogens is 354 g/mol. The van der Waals surface area contributed by atoms with E-state index in [1.807, 2.05) is 30.3 Å². The molecule has 0 radical (unpaired) electrons. The number of anilines is 1. The molecule has 0 spiro atoms. The minimum atomic E-state index is -0.171. The fourth-order valence-electron chi connectivity index (χ4n) is 3.51. The minimum Gasteiger partial charge on any atom is -0.497 e. The van der Waals surface area contributed by atoms with Gasteiger partial charge in [-0.05, 0) is 79.8 Å². The van der Waals surface area contributed by atoms with Gasteiger partial charge in [0, 0.05) is 5.69 Å². The third-order valence-electron chi connectivity index (χ3n) is 5.01. The molecule has 5 heteroatoms. The van der Waals surface area contributed by atoms with Gasteiger partial charge < -0.3 is 19.2 Å². The van der Waals surface area contributed by atoms with Crippen molar-refractivity contribution in [2.45, 2.75) is 32.8 Å². The number of ether oxygens (including phenoxy) is 2. The zero-order valence-corrected chi connectivity index (χ0v) is 16.1. The zero-order valence-electron chi connectivity index (χ0n) is 16.1. The van der Waals surface area contributed by atoms with Crippen LogP contribution in [-0.4, -0.2) is 13.0 Å². The first kappa shape index (κ1) is 18.2. The van der Waals surface area contributed by atoms with E-state index in [1.165, 1.54) is 17.5 Å².